The summed E-state index contributed by atoms with van der Waals surface area (Å²) in [5, 5.41) is 13.4. The van der Waals surface area contributed by atoms with Gasteiger partial charge in [-0.1, -0.05) is 51.1 Å². The minimum Gasteiger partial charge on any atom is -0.481 e. The number of hydrogen-bond acceptors (Lipinski definition) is 6. The molecule has 0 saturated heterocycles. The lowest BCUT2D eigenvalue weighted by atomic mass is 9.86. The van der Waals surface area contributed by atoms with Crippen LogP contribution in [0.1, 0.15) is 32.8 Å². The topological polar surface area (TPSA) is 139 Å². The SMILES string of the molecule is CC(C)(C)C(NC(=O)OCc1ccccc1)C(=O)NC(CC(=O)O)C(=O)C(=O)CF. The molecule has 1 aromatic carbocycles. The Morgan fingerprint density at radius 1 is 1.07 bits per heavy atom. The van der Waals surface area contributed by atoms with E-state index in [-0.39, 0.29) is 6.61 Å². The predicted octanol–water partition coefficient (Wildman–Crippen LogP) is 1.39. The van der Waals surface area contributed by atoms with Crippen molar-refractivity contribution in [3.63, 3.8) is 0 Å². The number of amides is 2. The van der Waals surface area contributed by atoms with Gasteiger partial charge in [0.1, 0.15) is 18.7 Å². The molecule has 2 amide bonds. The summed E-state index contributed by atoms with van der Waals surface area (Å²) in [5.74, 6) is -5.20. The number of carbonyl (C=O) groups excluding carboxylic acids is 4. The summed E-state index contributed by atoms with van der Waals surface area (Å²) in [6.45, 7) is 3.20. The molecule has 0 radical (unpaired) electrons. The van der Waals surface area contributed by atoms with Gasteiger partial charge < -0.3 is 20.5 Å². The predicted molar refractivity (Wildman–Crippen MR) is 103 cm³/mol. The summed E-state index contributed by atoms with van der Waals surface area (Å²) < 4.78 is 17.6. The number of nitrogens with one attached hydrogen (secondary N) is 2. The van der Waals surface area contributed by atoms with E-state index in [2.05, 4.69) is 10.6 Å². The molecule has 30 heavy (non-hydrogen) atoms. The van der Waals surface area contributed by atoms with E-state index in [0.717, 1.165) is 5.56 Å². The summed E-state index contributed by atoms with van der Waals surface area (Å²) in [6.07, 6.45) is -1.82. The molecule has 0 aliphatic rings. The first kappa shape index (κ1) is 24.7. The first-order valence-electron chi connectivity index (χ1n) is 9.08. The van der Waals surface area contributed by atoms with Crippen LogP contribution >= 0.6 is 0 Å². The standard InChI is InChI=1S/C20H25FN2O7/c1-20(2,3)17(23-19(29)30-11-12-7-5-4-6-8-12)18(28)22-13(9-15(25)26)16(27)14(24)10-21/h4-8,13,17H,9-11H2,1-3H3,(H,22,28)(H,23,29)(H,25,26). The van der Waals surface area contributed by atoms with Crippen LogP contribution in [0.25, 0.3) is 0 Å². The van der Waals surface area contributed by atoms with E-state index < -0.39 is 60.1 Å². The second-order valence-electron chi connectivity index (χ2n) is 7.59. The average Bonchev–Trinajstić information content (AvgIpc) is 2.68. The molecule has 0 heterocycles. The van der Waals surface area contributed by atoms with Gasteiger partial charge in [0, 0.05) is 0 Å². The lowest BCUT2D eigenvalue weighted by molar-refractivity contribution is -0.143. The normalized spacial score (nSPS) is 12.9. The van der Waals surface area contributed by atoms with Crippen molar-refractivity contribution in [2.24, 2.45) is 5.41 Å². The number of halogens is 1. The summed E-state index contributed by atoms with van der Waals surface area (Å²) in [7, 11) is 0. The van der Waals surface area contributed by atoms with E-state index in [1.54, 1.807) is 51.1 Å². The molecule has 0 aliphatic carbocycles. The Kier molecular flexibility index (Phi) is 9.10. The van der Waals surface area contributed by atoms with E-state index >= 15 is 0 Å². The quantitative estimate of drug-likeness (QED) is 0.482. The molecule has 1 aromatic rings. The molecule has 0 bridgehead atoms. The summed E-state index contributed by atoms with van der Waals surface area (Å²) in [4.78, 5) is 59.0. The Balaban J connectivity index is 2.88. The van der Waals surface area contributed by atoms with Gasteiger partial charge >= 0.3 is 12.1 Å². The first-order valence-corrected chi connectivity index (χ1v) is 9.08. The van der Waals surface area contributed by atoms with Gasteiger partial charge in [0.25, 0.3) is 0 Å². The monoisotopic (exact) mass is 424 g/mol. The zero-order chi connectivity index (χ0) is 22.9. The van der Waals surface area contributed by atoms with Crippen molar-refractivity contribution in [1.82, 2.24) is 10.6 Å². The molecule has 2 atom stereocenters. The molecule has 0 saturated carbocycles. The van der Waals surface area contributed by atoms with Crippen LogP contribution in [0.5, 0.6) is 0 Å². The smallest absolute Gasteiger partial charge is 0.408 e. The average molecular weight is 424 g/mol. The maximum Gasteiger partial charge on any atom is 0.408 e. The van der Waals surface area contributed by atoms with Crippen molar-refractivity contribution in [2.45, 2.75) is 45.9 Å². The Morgan fingerprint density at radius 2 is 1.67 bits per heavy atom. The number of alkyl halides is 1. The highest BCUT2D eigenvalue weighted by Gasteiger charge is 2.37. The minimum atomic E-state index is -1.76. The van der Waals surface area contributed by atoms with Gasteiger partial charge in [0.05, 0.1) is 6.42 Å². The van der Waals surface area contributed by atoms with E-state index in [4.69, 9.17) is 9.84 Å². The van der Waals surface area contributed by atoms with E-state index in [1.165, 1.54) is 0 Å². The molecule has 9 nitrogen and oxygen atoms in total. The Labute approximate surface area is 173 Å². The van der Waals surface area contributed by atoms with Crippen molar-refractivity contribution in [2.75, 3.05) is 6.67 Å². The number of carbonyl (C=O) groups is 5. The fourth-order valence-electron chi connectivity index (χ4n) is 2.46. The van der Waals surface area contributed by atoms with Crippen LogP contribution in [0.4, 0.5) is 9.18 Å². The van der Waals surface area contributed by atoms with Crippen molar-refractivity contribution >= 4 is 29.5 Å². The van der Waals surface area contributed by atoms with Crippen LogP contribution < -0.4 is 10.6 Å². The molecule has 2 unspecified atom stereocenters. The number of aliphatic carboxylic acids is 1. The number of hydrogen-bond donors (Lipinski definition) is 3. The van der Waals surface area contributed by atoms with Crippen molar-refractivity contribution in [3.8, 4) is 0 Å². The molecule has 0 fully saturated rings. The number of carboxylic acid groups (broad SMARTS) is 1. The van der Waals surface area contributed by atoms with Crippen LogP contribution in [0.15, 0.2) is 30.3 Å². The van der Waals surface area contributed by atoms with Gasteiger partial charge in [-0.25, -0.2) is 9.18 Å². The van der Waals surface area contributed by atoms with E-state index in [1.807, 2.05) is 0 Å². The lowest BCUT2D eigenvalue weighted by Crippen LogP contribution is -2.57. The third-order valence-corrected chi connectivity index (χ3v) is 4.01. The van der Waals surface area contributed by atoms with Gasteiger partial charge in [0.2, 0.25) is 17.5 Å². The Hall–Kier alpha value is -3.30. The van der Waals surface area contributed by atoms with Crippen LogP contribution in [0, 0.1) is 5.41 Å². The van der Waals surface area contributed by atoms with Crippen molar-refractivity contribution in [1.29, 1.82) is 0 Å². The highest BCUT2D eigenvalue weighted by Crippen LogP contribution is 2.20. The molecule has 164 valence electrons. The highest BCUT2D eigenvalue weighted by atomic mass is 19.1. The molecule has 10 heteroatoms. The Morgan fingerprint density at radius 3 is 2.17 bits per heavy atom. The maximum atomic E-state index is 12.7. The second kappa shape index (κ2) is 11.0. The summed E-state index contributed by atoms with van der Waals surface area (Å²) in [6, 6.07) is 5.82. The first-order chi connectivity index (χ1) is 14.0. The van der Waals surface area contributed by atoms with Gasteiger partial charge in [-0.2, -0.15) is 0 Å². The maximum absolute atomic E-state index is 12.7. The number of rotatable bonds is 10. The van der Waals surface area contributed by atoms with E-state index in [9.17, 15) is 28.4 Å². The minimum absolute atomic E-state index is 0.0454. The molecule has 1 rings (SSSR count). The number of benzene rings is 1. The van der Waals surface area contributed by atoms with Crippen LogP contribution in [0.2, 0.25) is 0 Å². The number of carboxylic acids is 1. The molecule has 3 N–H and O–H groups in total. The number of ether oxygens (including phenoxy) is 1. The summed E-state index contributed by atoms with van der Waals surface area (Å²) in [5.41, 5.74) is -0.141. The number of alkyl carbamates (subject to hydrolysis) is 1. The zero-order valence-electron chi connectivity index (χ0n) is 16.9. The second-order valence-corrected chi connectivity index (χ2v) is 7.59. The molecular formula is C20H25FN2O7. The number of ketones is 2. The highest BCUT2D eigenvalue weighted by molar-refractivity contribution is 6.40. The molecule has 0 aliphatic heterocycles. The van der Waals surface area contributed by atoms with Crippen LogP contribution in [-0.4, -0.2) is 53.4 Å². The number of Topliss-reactive ketones (excluding diaryl/α,β-unsaturated/α-hetero) is 2. The molecule has 0 spiro atoms. The lowest BCUT2D eigenvalue weighted by Gasteiger charge is -2.31. The van der Waals surface area contributed by atoms with Gasteiger partial charge in [0.15, 0.2) is 6.67 Å². The van der Waals surface area contributed by atoms with Gasteiger partial charge in [-0.05, 0) is 11.0 Å². The van der Waals surface area contributed by atoms with Crippen molar-refractivity contribution in [3.05, 3.63) is 35.9 Å². The summed E-state index contributed by atoms with van der Waals surface area (Å²) >= 11 is 0. The third kappa shape index (κ3) is 7.98. The fraction of sp³-hybridized carbons (Fsp3) is 0.450. The zero-order valence-corrected chi connectivity index (χ0v) is 16.9. The van der Waals surface area contributed by atoms with Crippen LogP contribution in [-0.2, 0) is 30.5 Å². The largest absolute Gasteiger partial charge is 0.481 e. The molecular weight excluding hydrogens is 399 g/mol. The van der Waals surface area contributed by atoms with Gasteiger partial charge in [-0.3, -0.25) is 19.2 Å². The van der Waals surface area contributed by atoms with Crippen molar-refractivity contribution < 1.29 is 38.2 Å². The fourth-order valence-corrected chi connectivity index (χ4v) is 2.46. The Bertz CT molecular complexity index is 790. The third-order valence-electron chi connectivity index (χ3n) is 4.01. The van der Waals surface area contributed by atoms with Crippen LogP contribution in [0.3, 0.4) is 0 Å². The van der Waals surface area contributed by atoms with E-state index in [0.29, 0.717) is 0 Å². The molecule has 0 aromatic heterocycles. The van der Waals surface area contributed by atoms with Gasteiger partial charge in [-0.15, -0.1) is 0 Å².